The zero-order valence-electron chi connectivity index (χ0n) is 24.8. The molecule has 0 radical (unpaired) electrons. The standard InChI is InChI=1S/C29H39N6O5S/c1-19-9-8-10-22-24(19)33(28(37)39-29(2,3)4)14-13-32(22)23-17-20-18-30-27(41-7)31-25(20)34(26(23)36)21-11-15-35(5,16-12-21)40-38-6/h8-10,17-18,21H,11-16H2,1-7H3/q+1. The maximum atomic E-state index is 14.5. The van der Waals surface area contributed by atoms with Gasteiger partial charge in [0.15, 0.2) is 5.16 Å². The minimum atomic E-state index is -0.623. The number of aromatic nitrogens is 3. The van der Waals surface area contributed by atoms with Crippen molar-refractivity contribution in [2.24, 2.45) is 0 Å². The van der Waals surface area contributed by atoms with Crippen LogP contribution in [-0.2, 0) is 14.6 Å². The molecule has 0 N–H and O–H groups in total. The van der Waals surface area contributed by atoms with Crippen molar-refractivity contribution in [2.45, 2.75) is 57.3 Å². The molecule has 0 aliphatic carbocycles. The van der Waals surface area contributed by atoms with Crippen molar-refractivity contribution in [2.75, 3.05) is 56.4 Å². The number of para-hydroxylation sites is 1. The summed E-state index contributed by atoms with van der Waals surface area (Å²) in [6.45, 7) is 9.72. The van der Waals surface area contributed by atoms with Gasteiger partial charge in [0.25, 0.3) is 5.56 Å². The molecule has 0 spiro atoms. The maximum absolute atomic E-state index is 14.5. The predicted molar refractivity (Wildman–Crippen MR) is 160 cm³/mol. The maximum Gasteiger partial charge on any atom is 0.414 e. The van der Waals surface area contributed by atoms with Crippen LogP contribution in [0.5, 0.6) is 0 Å². The van der Waals surface area contributed by atoms with E-state index in [4.69, 9.17) is 19.6 Å². The second-order valence-electron chi connectivity index (χ2n) is 11.8. The first-order chi connectivity index (χ1) is 19.4. The van der Waals surface area contributed by atoms with Gasteiger partial charge in [0.05, 0.1) is 18.5 Å². The number of carbonyl (C=O) groups is 1. The van der Waals surface area contributed by atoms with Crippen LogP contribution >= 0.6 is 11.8 Å². The summed E-state index contributed by atoms with van der Waals surface area (Å²) in [6.07, 6.45) is 4.76. The van der Waals surface area contributed by atoms with Gasteiger partial charge in [0.1, 0.15) is 37.1 Å². The molecule has 2 aliphatic rings. The Bertz CT molecular complexity index is 1510. The van der Waals surface area contributed by atoms with Crippen molar-refractivity contribution in [3.05, 3.63) is 46.4 Å². The lowest BCUT2D eigenvalue weighted by molar-refractivity contribution is -1.14. The van der Waals surface area contributed by atoms with Gasteiger partial charge in [-0.05, 0) is 56.6 Å². The highest BCUT2D eigenvalue weighted by Gasteiger charge is 2.37. The number of pyridine rings is 1. The third kappa shape index (κ3) is 5.78. The Morgan fingerprint density at radius 3 is 2.54 bits per heavy atom. The summed E-state index contributed by atoms with van der Waals surface area (Å²) in [5, 5.41) is 1.40. The van der Waals surface area contributed by atoms with Gasteiger partial charge >= 0.3 is 6.09 Å². The van der Waals surface area contributed by atoms with Gasteiger partial charge in [-0.3, -0.25) is 14.3 Å². The Kier molecular flexibility index (Phi) is 8.03. The van der Waals surface area contributed by atoms with Crippen molar-refractivity contribution in [3.8, 4) is 0 Å². The van der Waals surface area contributed by atoms with Crippen LogP contribution < -0.4 is 15.4 Å². The fourth-order valence-electron chi connectivity index (χ4n) is 5.73. The van der Waals surface area contributed by atoms with Crippen LogP contribution in [0.4, 0.5) is 21.9 Å². The largest absolute Gasteiger partial charge is 0.443 e. The highest BCUT2D eigenvalue weighted by molar-refractivity contribution is 7.98. The zero-order valence-corrected chi connectivity index (χ0v) is 25.7. The smallest absolute Gasteiger partial charge is 0.414 e. The second-order valence-corrected chi connectivity index (χ2v) is 12.6. The van der Waals surface area contributed by atoms with E-state index in [1.807, 2.05) is 74.7 Å². The summed E-state index contributed by atoms with van der Waals surface area (Å²) in [4.78, 5) is 51.1. The van der Waals surface area contributed by atoms with Crippen molar-refractivity contribution < 1.29 is 24.1 Å². The Labute approximate surface area is 244 Å². The van der Waals surface area contributed by atoms with E-state index in [0.717, 1.165) is 35.2 Å². The number of anilines is 3. The number of ether oxygens (including phenoxy) is 1. The average molecular weight is 584 g/mol. The van der Waals surface area contributed by atoms with E-state index in [1.54, 1.807) is 11.1 Å². The Morgan fingerprint density at radius 2 is 1.88 bits per heavy atom. The summed E-state index contributed by atoms with van der Waals surface area (Å²) in [5.74, 6) is 0. The number of piperidine rings is 1. The number of hydrogen-bond donors (Lipinski definition) is 0. The fraction of sp³-hybridized carbons (Fsp3) is 0.517. The van der Waals surface area contributed by atoms with E-state index < -0.39 is 11.7 Å². The number of hydroxylamine groups is 3. The molecule has 1 fully saturated rings. The first-order valence-corrected chi connectivity index (χ1v) is 15.1. The highest BCUT2D eigenvalue weighted by atomic mass is 32.2. The molecule has 1 amide bonds. The number of likely N-dealkylation sites (tertiary alicyclic amines) is 1. The highest BCUT2D eigenvalue weighted by Crippen LogP contribution is 2.40. The molecule has 2 aromatic heterocycles. The van der Waals surface area contributed by atoms with Crippen LogP contribution in [-0.4, -0.2) is 77.5 Å². The van der Waals surface area contributed by atoms with Crippen molar-refractivity contribution >= 4 is 46.0 Å². The lowest BCUT2D eigenvalue weighted by Crippen LogP contribution is -2.50. The Hall–Kier alpha value is -3.19. The molecule has 1 aromatic carbocycles. The summed E-state index contributed by atoms with van der Waals surface area (Å²) in [7, 11) is 3.49. The van der Waals surface area contributed by atoms with Gasteiger partial charge in [0, 0.05) is 43.6 Å². The molecule has 0 atom stereocenters. The van der Waals surface area contributed by atoms with Crippen molar-refractivity contribution in [3.63, 3.8) is 0 Å². The molecule has 0 saturated carbocycles. The molecular weight excluding hydrogens is 544 g/mol. The minimum Gasteiger partial charge on any atom is -0.443 e. The number of carbonyl (C=O) groups excluding carboxylic acids is 1. The first kappa shape index (κ1) is 29.3. The normalized spacial score (nSPS) is 21.2. The number of quaternary nitrogens is 1. The molecule has 220 valence electrons. The topological polar surface area (TPSA) is 99.0 Å². The van der Waals surface area contributed by atoms with E-state index in [0.29, 0.717) is 47.3 Å². The van der Waals surface area contributed by atoms with E-state index in [2.05, 4.69) is 4.98 Å². The monoisotopic (exact) mass is 583 g/mol. The third-order valence-electron chi connectivity index (χ3n) is 7.63. The molecule has 11 nitrogen and oxygen atoms in total. The van der Waals surface area contributed by atoms with Crippen LogP contribution in [0.25, 0.3) is 11.0 Å². The summed E-state index contributed by atoms with van der Waals surface area (Å²) in [6, 6.07) is 7.68. The molecule has 4 heterocycles. The van der Waals surface area contributed by atoms with Crippen LogP contribution in [0.3, 0.4) is 0 Å². The molecule has 5 rings (SSSR count). The number of fused-ring (bicyclic) bond motifs is 2. The summed E-state index contributed by atoms with van der Waals surface area (Å²) < 4.78 is 7.90. The molecule has 12 heteroatoms. The van der Waals surface area contributed by atoms with E-state index in [-0.39, 0.29) is 11.6 Å². The lowest BCUT2D eigenvalue weighted by atomic mass is 10.0. The van der Waals surface area contributed by atoms with Crippen LogP contribution in [0.1, 0.15) is 45.2 Å². The number of thioether (sulfide) groups is 1. The van der Waals surface area contributed by atoms with Gasteiger partial charge in [-0.2, -0.15) is 4.89 Å². The predicted octanol–water partition coefficient (Wildman–Crippen LogP) is 4.99. The molecule has 0 unspecified atom stereocenters. The van der Waals surface area contributed by atoms with E-state index in [1.165, 1.54) is 18.9 Å². The van der Waals surface area contributed by atoms with Crippen LogP contribution in [0, 0.1) is 6.92 Å². The van der Waals surface area contributed by atoms with Crippen molar-refractivity contribution in [1.82, 2.24) is 14.5 Å². The Morgan fingerprint density at radius 1 is 1.15 bits per heavy atom. The second kappa shape index (κ2) is 11.2. The third-order valence-corrected chi connectivity index (χ3v) is 8.20. The number of aryl methyl sites for hydroxylation is 1. The zero-order chi connectivity index (χ0) is 29.5. The Balaban J connectivity index is 1.62. The van der Waals surface area contributed by atoms with E-state index in [9.17, 15) is 9.59 Å². The molecule has 41 heavy (non-hydrogen) atoms. The minimum absolute atomic E-state index is 0.0683. The number of nitrogens with zero attached hydrogens (tertiary/aromatic N) is 6. The average Bonchev–Trinajstić information content (AvgIpc) is 2.92. The quantitative estimate of drug-likeness (QED) is 0.135. The van der Waals surface area contributed by atoms with E-state index >= 15 is 0 Å². The van der Waals surface area contributed by atoms with Gasteiger partial charge in [-0.25, -0.2) is 14.8 Å². The summed E-state index contributed by atoms with van der Waals surface area (Å²) in [5.41, 5.74) is 2.88. The SMILES string of the molecule is COO[N+]1(C)CCC(n2c(=O)c(N3CCN(C(=O)OC(C)(C)C)c4c(C)cccc43)cc3cnc(SC)nc32)CC1. The first-order valence-electron chi connectivity index (χ1n) is 13.9. The van der Waals surface area contributed by atoms with Crippen LogP contribution in [0.2, 0.25) is 0 Å². The fourth-order valence-corrected chi connectivity index (χ4v) is 6.06. The molecule has 2 aliphatic heterocycles. The van der Waals surface area contributed by atoms with Crippen LogP contribution in [0.15, 0.2) is 40.4 Å². The van der Waals surface area contributed by atoms with Gasteiger partial charge in [-0.15, -0.1) is 4.65 Å². The molecule has 0 bridgehead atoms. The van der Waals surface area contributed by atoms with Gasteiger partial charge in [0.2, 0.25) is 0 Å². The number of rotatable bonds is 5. The van der Waals surface area contributed by atoms with Gasteiger partial charge < -0.3 is 9.64 Å². The van der Waals surface area contributed by atoms with Gasteiger partial charge in [-0.1, -0.05) is 23.9 Å². The number of benzene rings is 1. The summed E-state index contributed by atoms with van der Waals surface area (Å²) >= 11 is 1.45. The van der Waals surface area contributed by atoms with Crippen molar-refractivity contribution in [1.29, 1.82) is 0 Å². The molecule has 3 aromatic rings. The molecule has 1 saturated heterocycles. The number of hydrogen-bond acceptors (Lipinski definition) is 9. The number of amides is 1. The lowest BCUT2D eigenvalue weighted by Gasteiger charge is -2.39. The molecular formula is C29H39N6O5S+.